The number of benzene rings is 5. The second kappa shape index (κ2) is 11.0. The molecule has 0 unspecified atom stereocenters. The van der Waals surface area contributed by atoms with E-state index in [1.807, 2.05) is 66.8 Å². The highest BCUT2D eigenvalue weighted by atomic mass is 32.1. The van der Waals surface area contributed by atoms with Crippen molar-refractivity contribution in [2.45, 2.75) is 6.92 Å². The number of allylic oxidation sites excluding steroid dienone is 5. The van der Waals surface area contributed by atoms with E-state index >= 15 is 0 Å². The van der Waals surface area contributed by atoms with Crippen molar-refractivity contribution >= 4 is 47.9 Å². The Morgan fingerprint density at radius 2 is 1.33 bits per heavy atom. The van der Waals surface area contributed by atoms with Crippen molar-refractivity contribution in [2.75, 3.05) is 0 Å². The van der Waals surface area contributed by atoms with Gasteiger partial charge in [-0.2, -0.15) is 0 Å². The first-order valence-corrected chi connectivity index (χ1v) is 14.8. The lowest BCUT2D eigenvalue weighted by atomic mass is 9.97. The maximum absolute atomic E-state index is 5.05. The molecule has 200 valence electrons. The number of nitrogens with zero attached hydrogens (tertiary/aromatic N) is 3. The lowest BCUT2D eigenvalue weighted by molar-refractivity contribution is 1.04. The number of hydrogen-bond donors (Lipinski definition) is 0. The molecule has 0 aliphatic heterocycles. The molecule has 0 saturated carbocycles. The fourth-order valence-electron chi connectivity index (χ4n) is 5.47. The molecule has 7 rings (SSSR count). The smallest absolute Gasteiger partial charge is 0.164 e. The van der Waals surface area contributed by atoms with Crippen LogP contribution >= 0.6 is 11.3 Å². The van der Waals surface area contributed by atoms with E-state index in [0.29, 0.717) is 17.5 Å². The number of fused-ring (bicyclic) bond motifs is 5. The van der Waals surface area contributed by atoms with Crippen molar-refractivity contribution in [2.24, 2.45) is 0 Å². The first-order valence-electron chi connectivity index (χ1n) is 13.9. The van der Waals surface area contributed by atoms with Crippen molar-refractivity contribution in [3.05, 3.63) is 146 Å². The number of aromatic nitrogens is 3. The number of hydrogen-bond acceptors (Lipinski definition) is 4. The van der Waals surface area contributed by atoms with Gasteiger partial charge in [-0.3, -0.25) is 0 Å². The summed E-state index contributed by atoms with van der Waals surface area (Å²) in [6.07, 6.45) is 7.74. The molecule has 0 saturated heterocycles. The van der Waals surface area contributed by atoms with Crippen LogP contribution in [0.25, 0.3) is 70.4 Å². The third-order valence-corrected chi connectivity index (χ3v) is 8.63. The zero-order valence-corrected chi connectivity index (χ0v) is 24.0. The predicted octanol–water partition coefficient (Wildman–Crippen LogP) is 10.5. The second-order valence-electron chi connectivity index (χ2n) is 10.0. The second-order valence-corrected chi connectivity index (χ2v) is 11.1. The summed E-state index contributed by atoms with van der Waals surface area (Å²) in [6.45, 7) is 6.03. The zero-order valence-electron chi connectivity index (χ0n) is 23.2. The van der Waals surface area contributed by atoms with Crippen LogP contribution in [0.4, 0.5) is 0 Å². The van der Waals surface area contributed by atoms with Crippen molar-refractivity contribution in [3.63, 3.8) is 0 Å². The van der Waals surface area contributed by atoms with Crippen LogP contribution in [-0.2, 0) is 0 Å². The molecule has 0 radical (unpaired) electrons. The normalized spacial score (nSPS) is 12.1. The van der Waals surface area contributed by atoms with E-state index in [1.54, 1.807) is 6.08 Å². The third kappa shape index (κ3) is 4.52. The van der Waals surface area contributed by atoms with E-state index < -0.39 is 0 Å². The fourth-order valence-corrected chi connectivity index (χ4v) is 6.76. The van der Waals surface area contributed by atoms with E-state index in [0.717, 1.165) is 22.1 Å². The zero-order chi connectivity index (χ0) is 28.5. The Hall–Kier alpha value is -5.19. The van der Waals surface area contributed by atoms with Crippen LogP contribution < -0.4 is 0 Å². The molecule has 4 heteroatoms. The SMILES string of the molecule is C=C/C(=C\C=C/C)c1nc(-c2ccccc2)nc(-c2cc3sc4c(-c5ccccc5)cccc4c3c3ccccc23)n1. The first-order chi connectivity index (χ1) is 20.7. The van der Waals surface area contributed by atoms with Gasteiger partial charge in [-0.1, -0.05) is 134 Å². The maximum atomic E-state index is 5.05. The van der Waals surface area contributed by atoms with Gasteiger partial charge in [-0.05, 0) is 34.9 Å². The third-order valence-electron chi connectivity index (χ3n) is 7.44. The van der Waals surface area contributed by atoms with Gasteiger partial charge in [0.25, 0.3) is 0 Å². The van der Waals surface area contributed by atoms with Gasteiger partial charge in [0.2, 0.25) is 0 Å². The fraction of sp³-hybridized carbons (Fsp3) is 0.0263. The molecule has 0 aliphatic rings. The highest BCUT2D eigenvalue weighted by Crippen LogP contribution is 2.45. The average Bonchev–Trinajstić information content (AvgIpc) is 3.44. The average molecular weight is 558 g/mol. The van der Waals surface area contributed by atoms with Gasteiger partial charge in [-0.25, -0.2) is 15.0 Å². The molecular weight excluding hydrogens is 531 g/mol. The summed E-state index contributed by atoms with van der Waals surface area (Å²) in [6, 6.07) is 38.1. The van der Waals surface area contributed by atoms with Crippen molar-refractivity contribution < 1.29 is 0 Å². The van der Waals surface area contributed by atoms with Gasteiger partial charge in [0.1, 0.15) is 0 Å². The quantitative estimate of drug-likeness (QED) is 0.191. The molecule has 0 amide bonds. The van der Waals surface area contributed by atoms with Crippen LogP contribution in [0.1, 0.15) is 12.7 Å². The van der Waals surface area contributed by atoms with Crippen molar-refractivity contribution in [1.82, 2.24) is 15.0 Å². The van der Waals surface area contributed by atoms with Crippen molar-refractivity contribution in [3.8, 4) is 33.9 Å². The summed E-state index contributed by atoms with van der Waals surface area (Å²) in [5.74, 6) is 1.88. The van der Waals surface area contributed by atoms with Gasteiger partial charge in [0, 0.05) is 36.9 Å². The van der Waals surface area contributed by atoms with Gasteiger partial charge >= 0.3 is 0 Å². The molecule has 2 heterocycles. The van der Waals surface area contributed by atoms with Crippen LogP contribution in [0.5, 0.6) is 0 Å². The monoisotopic (exact) mass is 557 g/mol. The molecule has 0 N–H and O–H groups in total. The molecule has 0 atom stereocenters. The van der Waals surface area contributed by atoms with E-state index in [2.05, 4.69) is 85.4 Å². The molecule has 2 aromatic heterocycles. The molecule has 7 aromatic rings. The summed E-state index contributed by atoms with van der Waals surface area (Å²) in [7, 11) is 0. The van der Waals surface area contributed by atoms with Gasteiger partial charge < -0.3 is 0 Å². The van der Waals surface area contributed by atoms with Crippen LogP contribution in [0.2, 0.25) is 0 Å². The Kier molecular flexibility index (Phi) is 6.75. The summed E-state index contributed by atoms with van der Waals surface area (Å²) in [5, 5.41) is 4.84. The lowest BCUT2D eigenvalue weighted by Crippen LogP contribution is -2.02. The first kappa shape index (κ1) is 25.8. The summed E-state index contributed by atoms with van der Waals surface area (Å²) in [4.78, 5) is 15.0. The van der Waals surface area contributed by atoms with E-state index in [-0.39, 0.29) is 0 Å². The highest BCUT2D eigenvalue weighted by molar-refractivity contribution is 7.26. The Labute approximate surface area is 248 Å². The van der Waals surface area contributed by atoms with E-state index in [1.165, 1.54) is 36.7 Å². The molecule has 0 spiro atoms. The van der Waals surface area contributed by atoms with Crippen molar-refractivity contribution in [1.29, 1.82) is 0 Å². The largest absolute Gasteiger partial charge is 0.208 e. The number of rotatable bonds is 6. The molecule has 3 nitrogen and oxygen atoms in total. The van der Waals surface area contributed by atoms with Gasteiger partial charge in [0.05, 0.1) is 0 Å². The van der Waals surface area contributed by atoms with Gasteiger partial charge in [-0.15, -0.1) is 11.3 Å². The highest BCUT2D eigenvalue weighted by Gasteiger charge is 2.19. The maximum Gasteiger partial charge on any atom is 0.164 e. The minimum absolute atomic E-state index is 0.596. The van der Waals surface area contributed by atoms with E-state index in [9.17, 15) is 0 Å². The van der Waals surface area contributed by atoms with Crippen LogP contribution in [-0.4, -0.2) is 15.0 Å². The van der Waals surface area contributed by atoms with Gasteiger partial charge in [0.15, 0.2) is 17.5 Å². The summed E-state index contributed by atoms with van der Waals surface area (Å²) in [5.41, 5.74) is 5.24. The van der Waals surface area contributed by atoms with E-state index in [4.69, 9.17) is 15.0 Å². The molecule has 0 bridgehead atoms. The molecular formula is C38H27N3S. The minimum Gasteiger partial charge on any atom is -0.208 e. The lowest BCUT2D eigenvalue weighted by Gasteiger charge is -2.11. The molecule has 42 heavy (non-hydrogen) atoms. The molecule has 5 aromatic carbocycles. The van der Waals surface area contributed by atoms with Crippen LogP contribution in [0.15, 0.2) is 140 Å². The standard InChI is InChI=1S/C38H27N3S/c1-3-5-15-25(4-2)36-39-37(27-18-10-7-11-19-27)41-38(40-36)32-24-33-34(30-21-13-12-20-29(30)32)31-23-14-22-28(35(31)42-33)26-16-8-6-9-17-26/h3-24H,2H2,1H3/b5-3-,25-15+. The summed E-state index contributed by atoms with van der Waals surface area (Å²) < 4.78 is 2.49. The molecule has 0 fully saturated rings. The predicted molar refractivity (Wildman–Crippen MR) is 180 cm³/mol. The Balaban J connectivity index is 1.53. The Bertz CT molecular complexity index is 2160. The Morgan fingerprint density at radius 1 is 0.667 bits per heavy atom. The molecule has 0 aliphatic carbocycles. The Morgan fingerprint density at radius 3 is 2.07 bits per heavy atom. The van der Waals surface area contributed by atoms with Crippen LogP contribution in [0, 0.1) is 0 Å². The number of thiophene rings is 1. The topological polar surface area (TPSA) is 38.7 Å². The summed E-state index contributed by atoms with van der Waals surface area (Å²) >= 11 is 1.83. The van der Waals surface area contributed by atoms with Crippen LogP contribution in [0.3, 0.4) is 0 Å². The minimum atomic E-state index is 0.596.